The topological polar surface area (TPSA) is 121 Å². The van der Waals surface area contributed by atoms with E-state index in [9.17, 15) is 23.2 Å². The number of hydrogen-bond acceptors (Lipinski definition) is 8. The van der Waals surface area contributed by atoms with E-state index in [1.807, 2.05) is 0 Å². The molecule has 2 aromatic rings. The fourth-order valence-electron chi connectivity index (χ4n) is 6.14. The van der Waals surface area contributed by atoms with Gasteiger partial charge in [-0.25, -0.2) is 8.78 Å². The zero-order valence-corrected chi connectivity index (χ0v) is 22.9. The summed E-state index contributed by atoms with van der Waals surface area (Å²) >= 11 is 0. The predicted molar refractivity (Wildman–Crippen MR) is 140 cm³/mol. The molecule has 1 aromatic carbocycles. The van der Waals surface area contributed by atoms with Crippen molar-refractivity contribution in [3.63, 3.8) is 0 Å². The summed E-state index contributed by atoms with van der Waals surface area (Å²) in [5.41, 5.74) is -0.110. The lowest BCUT2D eigenvalue weighted by atomic mass is 9.82. The van der Waals surface area contributed by atoms with Crippen molar-refractivity contribution in [1.29, 1.82) is 0 Å². The van der Waals surface area contributed by atoms with E-state index in [2.05, 4.69) is 25.7 Å². The van der Waals surface area contributed by atoms with Crippen molar-refractivity contribution < 1.29 is 27.7 Å². The number of carbonyl (C=O) groups is 3. The fourth-order valence-corrected chi connectivity index (χ4v) is 6.14. The van der Waals surface area contributed by atoms with Crippen LogP contribution in [-0.2, 0) is 9.59 Å². The van der Waals surface area contributed by atoms with Crippen LogP contribution in [0.3, 0.4) is 0 Å². The summed E-state index contributed by atoms with van der Waals surface area (Å²) in [6, 6.07) is 1.24. The zero-order chi connectivity index (χ0) is 28.4. The molecule has 40 heavy (non-hydrogen) atoms. The maximum absolute atomic E-state index is 14.3. The van der Waals surface area contributed by atoms with Crippen LogP contribution < -0.4 is 10.6 Å². The third-order valence-electron chi connectivity index (χ3n) is 8.60. The molecule has 4 atom stereocenters. The van der Waals surface area contributed by atoms with Gasteiger partial charge in [-0.3, -0.25) is 19.3 Å². The number of hydrogen-bond donors (Lipinski definition) is 2. The van der Waals surface area contributed by atoms with Crippen molar-refractivity contribution >= 4 is 17.6 Å². The first-order valence-corrected chi connectivity index (χ1v) is 14.1. The third kappa shape index (κ3) is 5.78. The van der Waals surface area contributed by atoms with Gasteiger partial charge in [-0.1, -0.05) is 24.4 Å². The summed E-state index contributed by atoms with van der Waals surface area (Å²) in [7, 11) is 1.70. The molecule has 2 amide bonds. The Kier molecular flexibility index (Phi) is 8.55. The molecule has 0 bridgehead atoms. The predicted octanol–water partition coefficient (Wildman–Crippen LogP) is 2.60. The quantitative estimate of drug-likeness (QED) is 0.475. The maximum Gasteiger partial charge on any atom is 0.251 e. The largest absolute Gasteiger partial charge is 0.343 e. The van der Waals surface area contributed by atoms with Crippen LogP contribution in [0.2, 0.25) is 0 Å². The molecule has 1 aliphatic carbocycles. The van der Waals surface area contributed by atoms with E-state index >= 15 is 0 Å². The van der Waals surface area contributed by atoms with Gasteiger partial charge in [-0.2, -0.15) is 4.98 Å². The lowest BCUT2D eigenvalue weighted by molar-refractivity contribution is -0.145. The molecule has 2 N–H and O–H groups in total. The summed E-state index contributed by atoms with van der Waals surface area (Å²) < 4.78 is 32.6. The Morgan fingerprint density at radius 2 is 1.82 bits per heavy atom. The number of rotatable bonds is 8. The lowest BCUT2D eigenvalue weighted by Gasteiger charge is -2.44. The highest BCUT2D eigenvalue weighted by Gasteiger charge is 2.45. The molecule has 0 unspecified atom stereocenters. The number of piperazine rings is 1. The Labute approximate surface area is 231 Å². The first-order chi connectivity index (χ1) is 19.3. The summed E-state index contributed by atoms with van der Waals surface area (Å²) in [6.07, 6.45) is 6.79. The van der Waals surface area contributed by atoms with Crippen LogP contribution in [0, 0.1) is 17.6 Å². The van der Waals surface area contributed by atoms with Gasteiger partial charge in [0.15, 0.2) is 11.6 Å². The number of likely N-dealkylation sites (N-methyl/N-ethyl adjacent to an activating group) is 1. The number of fused-ring (bicyclic) bond motifs is 1. The van der Waals surface area contributed by atoms with Gasteiger partial charge in [-0.15, -0.1) is 0 Å². The van der Waals surface area contributed by atoms with Crippen molar-refractivity contribution in [2.75, 3.05) is 26.7 Å². The average Bonchev–Trinajstić information content (AvgIpc) is 3.65. The zero-order valence-electron chi connectivity index (χ0n) is 22.9. The second kappa shape index (κ2) is 12.1. The fraction of sp³-hybridized carbons (Fsp3) is 0.607. The molecule has 10 nitrogen and oxygen atoms in total. The van der Waals surface area contributed by atoms with Gasteiger partial charge < -0.3 is 20.1 Å². The van der Waals surface area contributed by atoms with Gasteiger partial charge >= 0.3 is 0 Å². The highest BCUT2D eigenvalue weighted by molar-refractivity contribution is 6.06. The Balaban J connectivity index is 1.43. The minimum absolute atomic E-state index is 0.0183. The lowest BCUT2D eigenvalue weighted by Crippen LogP contribution is -2.61. The summed E-state index contributed by atoms with van der Waals surface area (Å²) in [4.78, 5) is 48.5. The molecule has 3 aliphatic rings. The van der Waals surface area contributed by atoms with E-state index in [4.69, 9.17) is 4.52 Å². The van der Waals surface area contributed by atoms with Crippen LogP contribution in [-0.4, -0.2) is 82.3 Å². The van der Waals surface area contributed by atoms with Crippen LogP contribution in [0.4, 0.5) is 8.78 Å². The van der Waals surface area contributed by atoms with E-state index in [-0.39, 0.29) is 41.1 Å². The second-order valence-electron chi connectivity index (χ2n) is 11.1. The van der Waals surface area contributed by atoms with E-state index in [0.717, 1.165) is 69.7 Å². The summed E-state index contributed by atoms with van der Waals surface area (Å²) in [5.74, 6) is -3.53. The third-order valence-corrected chi connectivity index (χ3v) is 8.60. The second-order valence-corrected chi connectivity index (χ2v) is 11.1. The van der Waals surface area contributed by atoms with Crippen LogP contribution in [0.5, 0.6) is 0 Å². The van der Waals surface area contributed by atoms with Crippen molar-refractivity contribution in [2.45, 2.75) is 76.0 Å². The Morgan fingerprint density at radius 3 is 2.55 bits per heavy atom. The monoisotopic (exact) mass is 558 g/mol. The molecule has 0 radical (unpaired) electrons. The van der Waals surface area contributed by atoms with Crippen LogP contribution in [0.25, 0.3) is 0 Å². The molecule has 216 valence electrons. The number of nitrogens with zero attached hydrogens (tertiary/aromatic N) is 4. The number of aromatic nitrogens is 2. The van der Waals surface area contributed by atoms with Crippen molar-refractivity contribution in [1.82, 2.24) is 30.6 Å². The highest BCUT2D eigenvalue weighted by atomic mass is 19.2. The smallest absolute Gasteiger partial charge is 0.251 e. The van der Waals surface area contributed by atoms with E-state index in [0.29, 0.717) is 13.1 Å². The van der Waals surface area contributed by atoms with Gasteiger partial charge in [0.05, 0.1) is 6.04 Å². The molecule has 2 saturated heterocycles. The average molecular weight is 559 g/mol. The molecule has 2 aliphatic heterocycles. The maximum atomic E-state index is 14.3. The molecule has 3 heterocycles. The molecule has 0 spiro atoms. The van der Waals surface area contributed by atoms with Gasteiger partial charge in [-0.05, 0) is 70.3 Å². The van der Waals surface area contributed by atoms with Crippen molar-refractivity contribution in [2.24, 2.45) is 5.92 Å². The first kappa shape index (κ1) is 28.3. The number of nitrogens with one attached hydrogen (secondary N) is 2. The van der Waals surface area contributed by atoms with Crippen LogP contribution in [0.15, 0.2) is 22.7 Å². The minimum atomic E-state index is -1.15. The number of benzene rings is 1. The molecule has 12 heteroatoms. The van der Waals surface area contributed by atoms with Crippen LogP contribution >= 0.6 is 0 Å². The molecular formula is C28H36F2N6O4. The Hall–Kier alpha value is -3.25. The van der Waals surface area contributed by atoms with E-state index in [1.165, 1.54) is 0 Å². The molecule has 5 rings (SSSR count). The van der Waals surface area contributed by atoms with Crippen LogP contribution in [0.1, 0.15) is 80.0 Å². The van der Waals surface area contributed by atoms with E-state index < -0.39 is 35.5 Å². The van der Waals surface area contributed by atoms with E-state index in [1.54, 1.807) is 18.9 Å². The Morgan fingerprint density at radius 1 is 1.05 bits per heavy atom. The molecule has 1 saturated carbocycles. The first-order valence-electron chi connectivity index (χ1n) is 14.1. The van der Waals surface area contributed by atoms with Gasteiger partial charge in [0.1, 0.15) is 12.1 Å². The van der Waals surface area contributed by atoms with Gasteiger partial charge in [0, 0.05) is 24.7 Å². The minimum Gasteiger partial charge on any atom is -0.343 e. The summed E-state index contributed by atoms with van der Waals surface area (Å²) in [5, 5.41) is 9.79. The van der Waals surface area contributed by atoms with Crippen molar-refractivity contribution in [3.05, 3.63) is 47.1 Å². The van der Waals surface area contributed by atoms with Crippen molar-refractivity contribution in [3.8, 4) is 0 Å². The highest BCUT2D eigenvalue weighted by Crippen LogP contribution is 2.35. The van der Waals surface area contributed by atoms with Gasteiger partial charge in [0.25, 0.3) is 5.89 Å². The molecule has 1 aromatic heterocycles. The standard InChI is InChI=1S/C28H36F2N6O4/c1-16(31-2)26(38)32-23(17-7-4-3-5-8-17)28(39)36-14-19-9-6-12-35(19)15-22(36)27-33-25(34-40-27)24(37)18-10-11-20(29)21(30)13-18/h10-11,13,16-17,19,22-23,31H,3-9,12,14-15H2,1-2H3,(H,32,38)/t16-,19+,22-,23-/m0/s1. The number of carbonyl (C=O) groups excluding carboxylic acids is 3. The number of ketones is 1. The molecular weight excluding hydrogens is 522 g/mol. The summed E-state index contributed by atoms with van der Waals surface area (Å²) in [6.45, 7) is 3.52. The number of halogens is 2. The Bertz CT molecular complexity index is 1250. The van der Waals surface area contributed by atoms with Gasteiger partial charge in [0.2, 0.25) is 23.4 Å². The normalized spacial score (nSPS) is 23.4. The number of amides is 2. The SMILES string of the molecule is CN[C@@H](C)C(=O)N[C@H](C(=O)N1C[C@H]2CCCN2C[C@H]1c1nc(C(=O)c2ccc(F)c(F)c2)no1)C1CCCCC1. The molecule has 3 fully saturated rings.